The molecule has 2 aromatic carbocycles. The van der Waals surface area contributed by atoms with Crippen LogP contribution >= 0.6 is 11.6 Å². The van der Waals surface area contributed by atoms with E-state index in [0.29, 0.717) is 5.75 Å². The third-order valence-electron chi connectivity index (χ3n) is 4.18. The third kappa shape index (κ3) is 2.63. The lowest BCUT2D eigenvalue weighted by atomic mass is 9.99. The van der Waals surface area contributed by atoms with E-state index in [1.165, 1.54) is 12.8 Å². The quantitative estimate of drug-likeness (QED) is 0.884. The average Bonchev–Trinajstić information content (AvgIpc) is 2.45. The molecule has 1 saturated heterocycles. The summed E-state index contributed by atoms with van der Waals surface area (Å²) >= 11 is 6.35. The second-order valence-electron chi connectivity index (χ2n) is 5.89. The summed E-state index contributed by atoms with van der Waals surface area (Å²) in [6, 6.07) is 9.67. The maximum atomic E-state index is 10.5. The van der Waals surface area contributed by atoms with Gasteiger partial charge in [0.2, 0.25) is 0 Å². The zero-order chi connectivity index (χ0) is 14.1. The van der Waals surface area contributed by atoms with Crippen LogP contribution in [0.25, 0.3) is 10.8 Å². The van der Waals surface area contributed by atoms with E-state index in [1.54, 1.807) is 0 Å². The minimum Gasteiger partial charge on any atom is -0.507 e. The molecule has 1 aliphatic rings. The molecule has 2 nitrogen and oxygen atoms in total. The fraction of sp³-hybridized carbons (Fsp3) is 0.412. The Kier molecular flexibility index (Phi) is 3.86. The Morgan fingerprint density at radius 2 is 2.05 bits per heavy atom. The molecule has 0 saturated carbocycles. The number of phenolic OH excluding ortho intramolecular Hbond substituents is 1. The minimum absolute atomic E-state index is 0.378. The Hall–Kier alpha value is -1.25. The van der Waals surface area contributed by atoms with Crippen LogP contribution in [0.5, 0.6) is 5.75 Å². The van der Waals surface area contributed by atoms with Crippen LogP contribution in [0.1, 0.15) is 25.3 Å². The van der Waals surface area contributed by atoms with E-state index >= 15 is 0 Å². The van der Waals surface area contributed by atoms with E-state index in [2.05, 4.69) is 11.8 Å². The summed E-state index contributed by atoms with van der Waals surface area (Å²) in [6.45, 7) is 5.28. The van der Waals surface area contributed by atoms with Gasteiger partial charge in [0.1, 0.15) is 5.75 Å². The lowest BCUT2D eigenvalue weighted by molar-refractivity contribution is 0.175. The number of piperidine rings is 1. The van der Waals surface area contributed by atoms with Crippen molar-refractivity contribution in [3.8, 4) is 5.75 Å². The predicted molar refractivity (Wildman–Crippen MR) is 84.3 cm³/mol. The summed E-state index contributed by atoms with van der Waals surface area (Å²) in [5.41, 5.74) is 0.933. The SMILES string of the molecule is C[C@@H]1CCCN(Cc2cc(Cl)c3ccccc3c2O)C1. The Labute approximate surface area is 125 Å². The molecule has 0 radical (unpaired) electrons. The fourth-order valence-electron chi connectivity index (χ4n) is 3.16. The number of nitrogens with zero attached hydrogens (tertiary/aromatic N) is 1. The molecule has 106 valence electrons. The molecular formula is C17H20ClNO. The van der Waals surface area contributed by atoms with Crippen LogP contribution in [0.4, 0.5) is 0 Å². The van der Waals surface area contributed by atoms with Crippen LogP contribution in [0.15, 0.2) is 30.3 Å². The summed E-state index contributed by atoms with van der Waals surface area (Å²) in [4.78, 5) is 2.41. The number of rotatable bonds is 2. The number of phenols is 1. The molecule has 2 aromatic rings. The highest BCUT2D eigenvalue weighted by atomic mass is 35.5. The summed E-state index contributed by atoms with van der Waals surface area (Å²) in [5, 5.41) is 13.0. The third-order valence-corrected chi connectivity index (χ3v) is 4.49. The highest BCUT2D eigenvalue weighted by molar-refractivity contribution is 6.35. The van der Waals surface area contributed by atoms with Crippen LogP contribution in [0, 0.1) is 5.92 Å². The monoisotopic (exact) mass is 289 g/mol. The van der Waals surface area contributed by atoms with Crippen molar-refractivity contribution >= 4 is 22.4 Å². The first-order chi connectivity index (χ1) is 9.65. The van der Waals surface area contributed by atoms with Crippen LogP contribution < -0.4 is 0 Å². The standard InChI is InChI=1S/C17H20ClNO/c1-12-5-4-8-19(10-12)11-13-9-16(18)14-6-2-3-7-15(14)17(13)20/h2-3,6-7,9,12,20H,4-5,8,10-11H2,1H3/t12-/m1/s1. The van der Waals surface area contributed by atoms with E-state index in [1.807, 2.05) is 30.3 Å². The number of likely N-dealkylation sites (tertiary alicyclic amines) is 1. The number of fused-ring (bicyclic) bond motifs is 1. The van der Waals surface area contributed by atoms with Crippen LogP contribution in [-0.2, 0) is 6.54 Å². The molecule has 3 rings (SSSR count). The molecule has 0 unspecified atom stereocenters. The van der Waals surface area contributed by atoms with Gasteiger partial charge < -0.3 is 5.11 Å². The molecular weight excluding hydrogens is 270 g/mol. The van der Waals surface area contributed by atoms with Gasteiger partial charge >= 0.3 is 0 Å². The maximum absolute atomic E-state index is 10.5. The van der Waals surface area contributed by atoms with Crippen molar-refractivity contribution in [2.24, 2.45) is 5.92 Å². The van der Waals surface area contributed by atoms with Crippen molar-refractivity contribution < 1.29 is 5.11 Å². The van der Waals surface area contributed by atoms with Crippen molar-refractivity contribution in [3.05, 3.63) is 40.9 Å². The Bertz CT molecular complexity index is 626. The van der Waals surface area contributed by atoms with Crippen molar-refractivity contribution in [2.75, 3.05) is 13.1 Å². The summed E-state index contributed by atoms with van der Waals surface area (Å²) < 4.78 is 0. The van der Waals surface area contributed by atoms with E-state index in [4.69, 9.17) is 11.6 Å². The molecule has 3 heteroatoms. The number of aromatic hydroxyl groups is 1. The van der Waals surface area contributed by atoms with E-state index < -0.39 is 0 Å². The zero-order valence-corrected chi connectivity index (χ0v) is 12.5. The van der Waals surface area contributed by atoms with Gasteiger partial charge in [-0.1, -0.05) is 42.8 Å². The topological polar surface area (TPSA) is 23.5 Å². The van der Waals surface area contributed by atoms with Crippen molar-refractivity contribution in [3.63, 3.8) is 0 Å². The van der Waals surface area contributed by atoms with Gasteiger partial charge in [-0.15, -0.1) is 0 Å². The molecule has 20 heavy (non-hydrogen) atoms. The minimum atomic E-state index is 0.378. The van der Waals surface area contributed by atoms with Crippen LogP contribution in [0.3, 0.4) is 0 Å². The predicted octanol–water partition coefficient (Wildman–Crippen LogP) is 4.43. The molecule has 1 aliphatic heterocycles. The first-order valence-electron chi connectivity index (χ1n) is 7.26. The Morgan fingerprint density at radius 1 is 1.30 bits per heavy atom. The van der Waals surface area contributed by atoms with Gasteiger partial charge in [-0.05, 0) is 31.4 Å². The molecule has 1 heterocycles. The molecule has 1 fully saturated rings. The second-order valence-corrected chi connectivity index (χ2v) is 6.30. The van der Waals surface area contributed by atoms with Gasteiger partial charge in [-0.3, -0.25) is 4.90 Å². The Balaban J connectivity index is 1.93. The summed E-state index contributed by atoms with van der Waals surface area (Å²) in [6.07, 6.45) is 2.55. The molecule has 1 atom stereocenters. The molecule has 0 spiro atoms. The number of hydrogen-bond acceptors (Lipinski definition) is 2. The normalized spacial score (nSPS) is 20.4. The number of hydrogen-bond donors (Lipinski definition) is 1. The van der Waals surface area contributed by atoms with Gasteiger partial charge in [0.05, 0.1) is 0 Å². The van der Waals surface area contributed by atoms with Crippen molar-refractivity contribution in [2.45, 2.75) is 26.3 Å². The largest absolute Gasteiger partial charge is 0.507 e. The molecule has 0 amide bonds. The molecule has 1 N–H and O–H groups in total. The van der Waals surface area contributed by atoms with Gasteiger partial charge in [0.15, 0.2) is 0 Å². The van der Waals surface area contributed by atoms with Gasteiger partial charge in [-0.2, -0.15) is 0 Å². The van der Waals surface area contributed by atoms with Gasteiger partial charge in [0.25, 0.3) is 0 Å². The van der Waals surface area contributed by atoms with Gasteiger partial charge in [-0.25, -0.2) is 0 Å². The number of benzene rings is 2. The second kappa shape index (κ2) is 5.63. The maximum Gasteiger partial charge on any atom is 0.127 e. The molecule has 0 bridgehead atoms. The van der Waals surface area contributed by atoms with Crippen LogP contribution in [0.2, 0.25) is 5.02 Å². The lowest BCUT2D eigenvalue weighted by Gasteiger charge is -2.31. The zero-order valence-electron chi connectivity index (χ0n) is 11.8. The average molecular weight is 290 g/mol. The first-order valence-corrected chi connectivity index (χ1v) is 7.64. The fourth-order valence-corrected chi connectivity index (χ4v) is 3.46. The molecule has 0 aromatic heterocycles. The number of halogens is 1. The molecule has 0 aliphatic carbocycles. The van der Waals surface area contributed by atoms with Crippen molar-refractivity contribution in [1.82, 2.24) is 4.90 Å². The lowest BCUT2D eigenvalue weighted by Crippen LogP contribution is -2.33. The van der Waals surface area contributed by atoms with Crippen molar-refractivity contribution in [1.29, 1.82) is 0 Å². The summed E-state index contributed by atoms with van der Waals surface area (Å²) in [7, 11) is 0. The Morgan fingerprint density at radius 3 is 2.80 bits per heavy atom. The van der Waals surface area contributed by atoms with Gasteiger partial charge in [0, 0.05) is 34.4 Å². The van der Waals surface area contributed by atoms with E-state index in [9.17, 15) is 5.11 Å². The summed E-state index contributed by atoms with van der Waals surface area (Å²) in [5.74, 6) is 1.12. The van der Waals surface area contributed by atoms with E-state index in [0.717, 1.165) is 46.9 Å². The van der Waals surface area contributed by atoms with E-state index in [-0.39, 0.29) is 0 Å². The highest BCUT2D eigenvalue weighted by Gasteiger charge is 2.18. The first kappa shape index (κ1) is 13.7. The van der Waals surface area contributed by atoms with Crippen LogP contribution in [-0.4, -0.2) is 23.1 Å². The highest BCUT2D eigenvalue weighted by Crippen LogP contribution is 2.35. The smallest absolute Gasteiger partial charge is 0.127 e.